The standard InChI is InChI=1S/C11H10ClF3N2O/c12-5-1-2-6-16-10(18)9-4-3-8(7-17-9)11(13,14)15/h1-4,7H,5-6H2,(H,16,18)/b2-1+. The maximum absolute atomic E-state index is 12.2. The van der Waals surface area contributed by atoms with Crippen molar-refractivity contribution in [2.24, 2.45) is 0 Å². The van der Waals surface area contributed by atoms with Gasteiger partial charge in [-0.1, -0.05) is 12.2 Å². The van der Waals surface area contributed by atoms with E-state index in [0.29, 0.717) is 12.1 Å². The van der Waals surface area contributed by atoms with Gasteiger partial charge in [-0.25, -0.2) is 0 Å². The van der Waals surface area contributed by atoms with Gasteiger partial charge in [-0.3, -0.25) is 9.78 Å². The lowest BCUT2D eigenvalue weighted by atomic mass is 10.2. The summed E-state index contributed by atoms with van der Waals surface area (Å²) in [6.45, 7) is 0.244. The van der Waals surface area contributed by atoms with Gasteiger partial charge in [0.15, 0.2) is 0 Å². The SMILES string of the molecule is O=C(NC/C=C/CCl)c1ccc(C(F)(F)F)cn1. The molecule has 3 nitrogen and oxygen atoms in total. The molecule has 98 valence electrons. The molecule has 0 bridgehead atoms. The van der Waals surface area contributed by atoms with Crippen LogP contribution in [0.15, 0.2) is 30.5 Å². The topological polar surface area (TPSA) is 42.0 Å². The van der Waals surface area contributed by atoms with Gasteiger partial charge < -0.3 is 5.32 Å². The van der Waals surface area contributed by atoms with Gasteiger partial charge in [0.1, 0.15) is 5.69 Å². The van der Waals surface area contributed by atoms with Gasteiger partial charge in [-0.05, 0) is 12.1 Å². The quantitative estimate of drug-likeness (QED) is 0.679. The van der Waals surface area contributed by atoms with Crippen LogP contribution in [0.5, 0.6) is 0 Å². The fourth-order valence-electron chi connectivity index (χ4n) is 1.08. The molecule has 18 heavy (non-hydrogen) atoms. The Labute approximate surface area is 107 Å². The third kappa shape index (κ3) is 4.37. The van der Waals surface area contributed by atoms with E-state index >= 15 is 0 Å². The molecule has 0 atom stereocenters. The van der Waals surface area contributed by atoms with Crippen molar-refractivity contribution in [3.05, 3.63) is 41.7 Å². The molecule has 1 amide bonds. The smallest absolute Gasteiger partial charge is 0.347 e. The zero-order chi connectivity index (χ0) is 13.6. The van der Waals surface area contributed by atoms with Crippen molar-refractivity contribution in [3.8, 4) is 0 Å². The molecule has 1 aromatic heterocycles. The van der Waals surface area contributed by atoms with Crippen LogP contribution in [0.25, 0.3) is 0 Å². The Hall–Kier alpha value is -1.56. The molecule has 7 heteroatoms. The number of nitrogens with zero attached hydrogens (tertiary/aromatic N) is 1. The first-order valence-corrected chi connectivity index (χ1v) is 5.51. The summed E-state index contributed by atoms with van der Waals surface area (Å²) in [6, 6.07) is 1.85. The molecule has 0 saturated heterocycles. The van der Waals surface area contributed by atoms with Gasteiger partial charge in [0.25, 0.3) is 5.91 Å². The lowest BCUT2D eigenvalue weighted by molar-refractivity contribution is -0.137. The van der Waals surface area contributed by atoms with E-state index in [4.69, 9.17) is 11.6 Å². The molecule has 0 unspecified atom stereocenters. The van der Waals surface area contributed by atoms with Crippen LogP contribution in [-0.2, 0) is 6.18 Å². The normalized spacial score (nSPS) is 11.8. The number of aromatic nitrogens is 1. The minimum atomic E-state index is -4.45. The Bertz CT molecular complexity index is 429. The molecule has 0 radical (unpaired) electrons. The van der Waals surface area contributed by atoms with Gasteiger partial charge in [0.2, 0.25) is 0 Å². The van der Waals surface area contributed by atoms with Crippen molar-refractivity contribution in [3.63, 3.8) is 0 Å². The van der Waals surface area contributed by atoms with Crippen molar-refractivity contribution >= 4 is 17.5 Å². The van der Waals surface area contributed by atoms with E-state index in [-0.39, 0.29) is 12.2 Å². The van der Waals surface area contributed by atoms with Crippen LogP contribution in [-0.4, -0.2) is 23.3 Å². The molecule has 1 N–H and O–H groups in total. The lowest BCUT2D eigenvalue weighted by Crippen LogP contribution is -2.24. The second-order valence-corrected chi connectivity index (χ2v) is 3.57. The number of hydrogen-bond donors (Lipinski definition) is 1. The predicted octanol–water partition coefficient (Wildman–Crippen LogP) is 2.63. The van der Waals surface area contributed by atoms with Gasteiger partial charge in [-0.15, -0.1) is 11.6 Å². The zero-order valence-corrected chi connectivity index (χ0v) is 9.92. The number of allylic oxidation sites excluding steroid dienone is 1. The van der Waals surface area contributed by atoms with E-state index in [2.05, 4.69) is 10.3 Å². The highest BCUT2D eigenvalue weighted by Crippen LogP contribution is 2.28. The van der Waals surface area contributed by atoms with Gasteiger partial charge in [0, 0.05) is 18.6 Å². The number of carbonyl (C=O) groups excluding carboxylic acids is 1. The van der Waals surface area contributed by atoms with E-state index < -0.39 is 17.6 Å². The number of hydrogen-bond acceptors (Lipinski definition) is 2. The summed E-state index contributed by atoms with van der Waals surface area (Å²) in [5.41, 5.74) is -0.955. The molecule has 0 saturated carbocycles. The van der Waals surface area contributed by atoms with Crippen LogP contribution >= 0.6 is 11.6 Å². The molecule has 0 aromatic carbocycles. The Morgan fingerprint density at radius 2 is 2.11 bits per heavy atom. The molecule has 1 rings (SSSR count). The number of halogens is 4. The highest BCUT2D eigenvalue weighted by molar-refractivity contribution is 6.18. The summed E-state index contributed by atoms with van der Waals surface area (Å²) in [6.07, 6.45) is -0.550. The molecule has 0 fully saturated rings. The van der Waals surface area contributed by atoms with Crippen molar-refractivity contribution in [1.82, 2.24) is 10.3 Å². The van der Waals surface area contributed by atoms with Gasteiger partial charge >= 0.3 is 6.18 Å². The molecular weight excluding hydrogens is 269 g/mol. The Morgan fingerprint density at radius 3 is 2.61 bits per heavy atom. The molecule has 0 spiro atoms. The number of nitrogens with one attached hydrogen (secondary N) is 1. The first-order chi connectivity index (χ1) is 8.45. The molecule has 0 aliphatic carbocycles. The van der Waals surface area contributed by atoms with E-state index in [1.165, 1.54) is 0 Å². The maximum Gasteiger partial charge on any atom is 0.417 e. The van der Waals surface area contributed by atoms with E-state index in [0.717, 1.165) is 12.1 Å². The van der Waals surface area contributed by atoms with Crippen molar-refractivity contribution in [2.75, 3.05) is 12.4 Å². The number of amides is 1. The molecular formula is C11H10ClF3N2O. The highest BCUT2D eigenvalue weighted by atomic mass is 35.5. The molecule has 0 aliphatic heterocycles. The number of alkyl halides is 4. The maximum atomic E-state index is 12.2. The average molecular weight is 279 g/mol. The number of carbonyl (C=O) groups is 1. The van der Waals surface area contributed by atoms with E-state index in [1.807, 2.05) is 0 Å². The second-order valence-electron chi connectivity index (χ2n) is 3.27. The van der Waals surface area contributed by atoms with Gasteiger partial charge in [0.05, 0.1) is 5.56 Å². The van der Waals surface area contributed by atoms with Crippen molar-refractivity contribution in [2.45, 2.75) is 6.18 Å². The minimum absolute atomic E-state index is 0.0673. The summed E-state index contributed by atoms with van der Waals surface area (Å²) >= 11 is 5.38. The molecule has 1 aromatic rings. The van der Waals surface area contributed by atoms with E-state index in [1.54, 1.807) is 12.2 Å². The fourth-order valence-corrected chi connectivity index (χ4v) is 1.21. The summed E-state index contributed by atoms with van der Waals surface area (Å²) in [5.74, 6) is -0.211. The number of pyridine rings is 1. The first kappa shape index (κ1) is 14.5. The predicted molar refractivity (Wildman–Crippen MR) is 61.4 cm³/mol. The Morgan fingerprint density at radius 1 is 1.39 bits per heavy atom. The molecule has 1 heterocycles. The highest BCUT2D eigenvalue weighted by Gasteiger charge is 2.30. The van der Waals surface area contributed by atoms with Crippen molar-refractivity contribution in [1.29, 1.82) is 0 Å². The van der Waals surface area contributed by atoms with Crippen LogP contribution < -0.4 is 5.32 Å². The summed E-state index contributed by atoms with van der Waals surface area (Å²) < 4.78 is 36.7. The van der Waals surface area contributed by atoms with E-state index in [9.17, 15) is 18.0 Å². The Kier molecular flexibility index (Phi) is 5.15. The van der Waals surface area contributed by atoms with Crippen LogP contribution in [0.4, 0.5) is 13.2 Å². The largest absolute Gasteiger partial charge is 0.417 e. The second kappa shape index (κ2) is 6.39. The minimum Gasteiger partial charge on any atom is -0.347 e. The summed E-state index contributed by atoms with van der Waals surface area (Å²) in [7, 11) is 0. The molecule has 0 aliphatic rings. The van der Waals surface area contributed by atoms with Crippen LogP contribution in [0.2, 0.25) is 0 Å². The lowest BCUT2D eigenvalue weighted by Gasteiger charge is -2.06. The number of rotatable bonds is 4. The van der Waals surface area contributed by atoms with Crippen LogP contribution in [0, 0.1) is 0 Å². The zero-order valence-electron chi connectivity index (χ0n) is 9.17. The van der Waals surface area contributed by atoms with Crippen molar-refractivity contribution < 1.29 is 18.0 Å². The average Bonchev–Trinajstić information content (AvgIpc) is 2.33. The summed E-state index contributed by atoms with van der Waals surface area (Å²) in [5, 5.41) is 2.46. The van der Waals surface area contributed by atoms with Crippen LogP contribution in [0.1, 0.15) is 16.1 Å². The van der Waals surface area contributed by atoms with Crippen LogP contribution in [0.3, 0.4) is 0 Å². The Balaban J connectivity index is 2.62. The first-order valence-electron chi connectivity index (χ1n) is 4.97. The monoisotopic (exact) mass is 278 g/mol. The fraction of sp³-hybridized carbons (Fsp3) is 0.273. The third-order valence-corrected chi connectivity index (χ3v) is 2.14. The summed E-state index contributed by atoms with van der Waals surface area (Å²) in [4.78, 5) is 14.9. The van der Waals surface area contributed by atoms with Gasteiger partial charge in [-0.2, -0.15) is 13.2 Å². The third-order valence-electron chi connectivity index (χ3n) is 1.96.